The van der Waals surface area contributed by atoms with Gasteiger partial charge in [-0.3, -0.25) is 14.4 Å². The van der Waals surface area contributed by atoms with Crippen LogP contribution in [0.3, 0.4) is 0 Å². The lowest BCUT2D eigenvalue weighted by Gasteiger charge is -2.34. The Morgan fingerprint density at radius 1 is 1.04 bits per heavy atom. The molecule has 2 atom stereocenters. The fraction of sp³-hybridized carbons (Fsp3) is 0.412. The standard InChI is InChI=1S/C34H39FN6O5S/c1-22(28-10-9-27(40-15-13-39(2)14-16-40)18-24(28)6-5-23-3-4-23)37-34(44)31-20-47(45,46)21-41(31)32(42)19-36-33(43)30-11-7-25-17-26(35)8-12-29(25)38-30/h5-12,17-18,22-23,31H,3-4,13-16,19-21H2,1-2H3,(H,36,43)(H,37,44)/b6-5+/t22-,31-/m0/s1. The minimum atomic E-state index is -3.73. The van der Waals surface area contributed by atoms with Crippen LogP contribution < -0.4 is 15.5 Å². The highest BCUT2D eigenvalue weighted by Crippen LogP contribution is 2.33. The lowest BCUT2D eigenvalue weighted by molar-refractivity contribution is -0.137. The number of carbonyl (C=O) groups is 3. The van der Waals surface area contributed by atoms with Crippen LogP contribution in [0.25, 0.3) is 17.0 Å². The normalized spacial score (nSPS) is 20.4. The number of nitrogens with zero attached hydrogens (tertiary/aromatic N) is 4. The van der Waals surface area contributed by atoms with Gasteiger partial charge in [-0.05, 0) is 80.3 Å². The number of anilines is 1. The number of carbonyl (C=O) groups excluding carboxylic acids is 3. The van der Waals surface area contributed by atoms with Crippen molar-refractivity contribution in [2.75, 3.05) is 56.3 Å². The third-order valence-corrected chi connectivity index (χ3v) is 10.5. The average molecular weight is 663 g/mol. The molecule has 3 amide bonds. The van der Waals surface area contributed by atoms with Crippen molar-refractivity contribution in [2.24, 2.45) is 5.92 Å². The Labute approximate surface area is 273 Å². The van der Waals surface area contributed by atoms with Crippen molar-refractivity contribution in [1.82, 2.24) is 25.4 Å². The zero-order valence-electron chi connectivity index (χ0n) is 26.5. The largest absolute Gasteiger partial charge is 0.369 e. The van der Waals surface area contributed by atoms with E-state index in [9.17, 15) is 27.2 Å². The van der Waals surface area contributed by atoms with Gasteiger partial charge in [-0.15, -0.1) is 0 Å². The minimum absolute atomic E-state index is 0.0132. The first kappa shape index (κ1) is 32.6. The fourth-order valence-corrected chi connectivity index (χ4v) is 7.66. The summed E-state index contributed by atoms with van der Waals surface area (Å²) in [5.74, 6) is -2.95. The molecule has 3 heterocycles. The van der Waals surface area contributed by atoms with E-state index in [1.165, 1.54) is 24.3 Å². The van der Waals surface area contributed by atoms with Crippen LogP contribution in [0.4, 0.5) is 10.1 Å². The summed E-state index contributed by atoms with van der Waals surface area (Å²) in [4.78, 5) is 49.4. The van der Waals surface area contributed by atoms with Crippen molar-refractivity contribution in [2.45, 2.75) is 31.8 Å². The zero-order chi connectivity index (χ0) is 33.3. The van der Waals surface area contributed by atoms with Crippen LogP contribution in [-0.4, -0.2) is 98.4 Å². The number of fused-ring (bicyclic) bond motifs is 1. The van der Waals surface area contributed by atoms with E-state index in [0.29, 0.717) is 16.8 Å². The van der Waals surface area contributed by atoms with Crippen LogP contribution in [0.5, 0.6) is 0 Å². The second-order valence-corrected chi connectivity index (χ2v) is 14.7. The molecule has 1 aromatic heterocycles. The van der Waals surface area contributed by atoms with Gasteiger partial charge in [0, 0.05) is 37.3 Å². The van der Waals surface area contributed by atoms with Gasteiger partial charge in [-0.25, -0.2) is 17.8 Å². The number of benzene rings is 2. The molecule has 1 aliphatic carbocycles. The molecule has 3 aromatic rings. The summed E-state index contributed by atoms with van der Waals surface area (Å²) in [7, 11) is -1.61. The Morgan fingerprint density at radius 3 is 2.55 bits per heavy atom. The highest BCUT2D eigenvalue weighted by Gasteiger charge is 2.43. The molecular weight excluding hydrogens is 623 g/mol. The van der Waals surface area contributed by atoms with Crippen molar-refractivity contribution in [3.63, 3.8) is 0 Å². The Hall–Kier alpha value is -4.36. The van der Waals surface area contributed by atoms with Crippen LogP contribution in [0, 0.1) is 11.7 Å². The first-order chi connectivity index (χ1) is 22.5. The number of nitrogens with one attached hydrogen (secondary N) is 2. The summed E-state index contributed by atoms with van der Waals surface area (Å²) in [5.41, 5.74) is 3.42. The third kappa shape index (κ3) is 7.79. The molecule has 248 valence electrons. The summed E-state index contributed by atoms with van der Waals surface area (Å²) in [6, 6.07) is 11.4. The summed E-state index contributed by atoms with van der Waals surface area (Å²) in [6.45, 7) is 5.13. The molecule has 1 saturated carbocycles. The van der Waals surface area contributed by atoms with Gasteiger partial charge in [0.25, 0.3) is 5.91 Å². The Kier molecular flexibility index (Phi) is 9.29. The topological polar surface area (TPSA) is 132 Å². The number of sulfone groups is 1. The number of likely N-dealkylation sites (N-methyl/N-ethyl adjacent to an activating group) is 1. The molecule has 47 heavy (non-hydrogen) atoms. The van der Waals surface area contributed by atoms with Gasteiger partial charge < -0.3 is 25.3 Å². The molecule has 0 bridgehead atoms. The average Bonchev–Trinajstić information content (AvgIpc) is 3.82. The maximum Gasteiger partial charge on any atom is 0.270 e. The van der Waals surface area contributed by atoms with E-state index < -0.39 is 63.6 Å². The molecule has 13 heteroatoms. The number of amides is 3. The number of rotatable bonds is 9. The van der Waals surface area contributed by atoms with E-state index in [-0.39, 0.29) is 5.69 Å². The quantitative estimate of drug-likeness (QED) is 0.358. The second-order valence-electron chi connectivity index (χ2n) is 12.7. The van der Waals surface area contributed by atoms with Crippen molar-refractivity contribution in [3.05, 3.63) is 77.2 Å². The number of piperazine rings is 1. The van der Waals surface area contributed by atoms with Crippen molar-refractivity contribution < 1.29 is 27.2 Å². The van der Waals surface area contributed by atoms with E-state index in [1.54, 1.807) is 6.07 Å². The van der Waals surface area contributed by atoms with Crippen molar-refractivity contribution in [3.8, 4) is 0 Å². The minimum Gasteiger partial charge on any atom is -0.369 e. The molecule has 0 unspecified atom stereocenters. The zero-order valence-corrected chi connectivity index (χ0v) is 27.3. The molecule has 0 spiro atoms. The molecule has 2 saturated heterocycles. The Bertz CT molecular complexity index is 1840. The van der Waals surface area contributed by atoms with E-state index >= 15 is 0 Å². The summed E-state index contributed by atoms with van der Waals surface area (Å²) < 4.78 is 38.7. The maximum absolute atomic E-state index is 13.5. The van der Waals surface area contributed by atoms with Gasteiger partial charge >= 0.3 is 0 Å². The highest BCUT2D eigenvalue weighted by atomic mass is 32.2. The van der Waals surface area contributed by atoms with Crippen LogP contribution >= 0.6 is 0 Å². The van der Waals surface area contributed by atoms with Crippen LogP contribution in [0.15, 0.2) is 54.6 Å². The Morgan fingerprint density at radius 2 is 1.81 bits per heavy atom. The third-order valence-electron chi connectivity index (χ3n) is 8.96. The van der Waals surface area contributed by atoms with Gasteiger partial charge in [0.1, 0.15) is 23.4 Å². The summed E-state index contributed by atoms with van der Waals surface area (Å²) >= 11 is 0. The molecule has 3 aliphatic rings. The van der Waals surface area contributed by atoms with Gasteiger partial charge in [-0.2, -0.15) is 0 Å². The molecule has 11 nitrogen and oxygen atoms in total. The predicted octanol–water partition coefficient (Wildman–Crippen LogP) is 2.74. The van der Waals surface area contributed by atoms with Gasteiger partial charge in [-0.1, -0.05) is 24.3 Å². The van der Waals surface area contributed by atoms with Crippen LogP contribution in [0.1, 0.15) is 47.4 Å². The van der Waals surface area contributed by atoms with Crippen LogP contribution in [-0.2, 0) is 19.4 Å². The highest BCUT2D eigenvalue weighted by molar-refractivity contribution is 7.91. The Balaban J connectivity index is 1.13. The van der Waals surface area contributed by atoms with Crippen molar-refractivity contribution in [1.29, 1.82) is 0 Å². The number of pyridine rings is 1. The molecule has 6 rings (SSSR count). The smallest absolute Gasteiger partial charge is 0.270 e. The summed E-state index contributed by atoms with van der Waals surface area (Å²) in [5, 5.41) is 5.93. The SMILES string of the molecule is C[C@H](NC(=O)[C@@H]1CS(=O)(=O)CN1C(=O)CNC(=O)c1ccc2cc(F)ccc2n1)c1ccc(N2CCN(C)CC2)cc1/C=C/C1CC1. The number of hydrogen-bond acceptors (Lipinski definition) is 8. The monoisotopic (exact) mass is 662 g/mol. The van der Waals surface area contributed by atoms with E-state index in [0.717, 1.165) is 60.7 Å². The van der Waals surface area contributed by atoms with Gasteiger partial charge in [0.15, 0.2) is 9.84 Å². The van der Waals surface area contributed by atoms with Crippen LogP contribution in [0.2, 0.25) is 0 Å². The molecule has 2 aromatic carbocycles. The first-order valence-corrected chi connectivity index (χ1v) is 17.7. The van der Waals surface area contributed by atoms with E-state index in [1.807, 2.05) is 13.0 Å². The molecule has 0 radical (unpaired) electrons. The molecule has 2 N–H and O–H groups in total. The molecule has 3 fully saturated rings. The lowest BCUT2D eigenvalue weighted by Crippen LogP contribution is -2.50. The fourth-order valence-electron chi connectivity index (χ4n) is 6.00. The van der Waals surface area contributed by atoms with E-state index in [4.69, 9.17) is 0 Å². The first-order valence-electron chi connectivity index (χ1n) is 15.9. The predicted molar refractivity (Wildman–Crippen MR) is 178 cm³/mol. The molecule has 2 aliphatic heterocycles. The van der Waals surface area contributed by atoms with E-state index in [2.05, 4.69) is 56.7 Å². The molecular formula is C34H39FN6O5S. The number of aromatic nitrogens is 1. The number of halogens is 1. The van der Waals surface area contributed by atoms with Crippen molar-refractivity contribution >= 4 is 50.2 Å². The number of allylic oxidation sites excluding steroid dienone is 1. The maximum atomic E-state index is 13.5. The summed E-state index contributed by atoms with van der Waals surface area (Å²) in [6.07, 6.45) is 6.64. The second kappa shape index (κ2) is 13.4. The van der Waals surface area contributed by atoms with Gasteiger partial charge in [0.2, 0.25) is 11.8 Å². The number of hydrogen-bond donors (Lipinski definition) is 2. The lowest BCUT2D eigenvalue weighted by atomic mass is 9.98. The van der Waals surface area contributed by atoms with Gasteiger partial charge in [0.05, 0.1) is 23.9 Å².